The zero-order valence-electron chi connectivity index (χ0n) is 18.6. The number of hydrogen-bond acceptors (Lipinski definition) is 4. The van der Waals surface area contributed by atoms with E-state index in [1.54, 1.807) is 0 Å². The van der Waals surface area contributed by atoms with Crippen LogP contribution in [0.15, 0.2) is 47.6 Å². The highest BCUT2D eigenvalue weighted by atomic mass is 32.2. The minimum absolute atomic E-state index is 0.0388. The quantitative estimate of drug-likeness (QED) is 0.542. The van der Waals surface area contributed by atoms with Gasteiger partial charge in [0.15, 0.2) is 11.0 Å². The first-order valence-electron chi connectivity index (χ1n) is 10.2. The number of aryl methyl sites for hydroxylation is 2. The second-order valence-electron chi connectivity index (χ2n) is 8.49. The largest absolute Gasteiger partial charge is 0.325 e. The van der Waals surface area contributed by atoms with Gasteiger partial charge in [0, 0.05) is 18.3 Å². The highest BCUT2D eigenvalue weighted by Gasteiger charge is 2.16. The van der Waals surface area contributed by atoms with Crippen molar-refractivity contribution in [2.24, 2.45) is 7.05 Å². The second-order valence-corrected chi connectivity index (χ2v) is 9.43. The van der Waals surface area contributed by atoms with Crippen molar-refractivity contribution in [3.8, 4) is 11.4 Å². The Morgan fingerprint density at radius 3 is 2.43 bits per heavy atom. The van der Waals surface area contributed by atoms with Gasteiger partial charge in [-0.1, -0.05) is 81.9 Å². The van der Waals surface area contributed by atoms with Gasteiger partial charge in [-0.15, -0.1) is 10.2 Å². The Morgan fingerprint density at radius 1 is 1.10 bits per heavy atom. The molecule has 1 heterocycles. The highest BCUT2D eigenvalue weighted by Crippen LogP contribution is 2.27. The summed E-state index contributed by atoms with van der Waals surface area (Å²) in [6, 6.07) is 14.5. The van der Waals surface area contributed by atoms with Gasteiger partial charge in [0.1, 0.15) is 0 Å². The van der Waals surface area contributed by atoms with E-state index in [4.69, 9.17) is 0 Å². The summed E-state index contributed by atoms with van der Waals surface area (Å²) < 4.78 is 1.94. The number of para-hydroxylation sites is 1. The fourth-order valence-corrected chi connectivity index (χ4v) is 4.03. The number of carbonyl (C=O) groups excluding carboxylic acids is 1. The van der Waals surface area contributed by atoms with Crippen LogP contribution in [0.25, 0.3) is 11.4 Å². The monoisotopic (exact) mass is 422 g/mol. The van der Waals surface area contributed by atoms with Gasteiger partial charge in [-0.25, -0.2) is 0 Å². The SMILES string of the molecule is CCc1cccc(C)c1NC(=O)CSc1nnc(-c2ccc(C(C)(C)C)cc2)n1C. The molecular formula is C24H30N4OS. The third-order valence-electron chi connectivity index (χ3n) is 5.18. The number of aromatic nitrogens is 3. The van der Waals surface area contributed by atoms with E-state index in [1.165, 1.54) is 17.3 Å². The van der Waals surface area contributed by atoms with Crippen LogP contribution in [0.5, 0.6) is 0 Å². The van der Waals surface area contributed by atoms with E-state index in [0.717, 1.165) is 39.8 Å². The maximum Gasteiger partial charge on any atom is 0.234 e. The third kappa shape index (κ3) is 4.93. The molecule has 0 aliphatic carbocycles. The lowest BCUT2D eigenvalue weighted by molar-refractivity contribution is -0.113. The zero-order chi connectivity index (χ0) is 21.9. The predicted molar refractivity (Wildman–Crippen MR) is 125 cm³/mol. The molecule has 1 N–H and O–H groups in total. The summed E-state index contributed by atoms with van der Waals surface area (Å²) in [4.78, 5) is 12.5. The minimum Gasteiger partial charge on any atom is -0.325 e. The zero-order valence-corrected chi connectivity index (χ0v) is 19.4. The number of amides is 1. The molecule has 0 saturated heterocycles. The molecule has 0 saturated carbocycles. The molecule has 158 valence electrons. The molecule has 3 aromatic rings. The number of thioether (sulfide) groups is 1. The van der Waals surface area contributed by atoms with Crippen LogP contribution in [0.4, 0.5) is 5.69 Å². The molecule has 5 nitrogen and oxygen atoms in total. The molecule has 1 aromatic heterocycles. The molecule has 0 unspecified atom stereocenters. The smallest absolute Gasteiger partial charge is 0.234 e. The molecule has 0 fully saturated rings. The predicted octanol–water partition coefficient (Wildman–Crippen LogP) is 5.38. The molecule has 0 atom stereocenters. The summed E-state index contributed by atoms with van der Waals surface area (Å²) in [5.41, 5.74) is 5.55. The van der Waals surface area contributed by atoms with E-state index >= 15 is 0 Å². The van der Waals surface area contributed by atoms with Crippen molar-refractivity contribution in [1.29, 1.82) is 0 Å². The molecular weight excluding hydrogens is 392 g/mol. The highest BCUT2D eigenvalue weighted by molar-refractivity contribution is 7.99. The molecule has 0 aliphatic rings. The number of anilines is 1. The average Bonchev–Trinajstić information content (AvgIpc) is 3.07. The van der Waals surface area contributed by atoms with Gasteiger partial charge in [-0.05, 0) is 35.4 Å². The number of nitrogens with zero attached hydrogens (tertiary/aromatic N) is 3. The van der Waals surface area contributed by atoms with Crippen LogP contribution < -0.4 is 5.32 Å². The molecule has 1 amide bonds. The van der Waals surface area contributed by atoms with Gasteiger partial charge in [-0.2, -0.15) is 0 Å². The van der Waals surface area contributed by atoms with Crippen molar-refractivity contribution in [3.63, 3.8) is 0 Å². The molecule has 0 radical (unpaired) electrons. The number of benzene rings is 2. The lowest BCUT2D eigenvalue weighted by Crippen LogP contribution is -2.16. The Kier molecular flexibility index (Phi) is 6.66. The maximum absolute atomic E-state index is 12.5. The Labute approximate surface area is 183 Å². The summed E-state index contributed by atoms with van der Waals surface area (Å²) >= 11 is 1.39. The van der Waals surface area contributed by atoms with Gasteiger partial charge >= 0.3 is 0 Å². The van der Waals surface area contributed by atoms with Crippen molar-refractivity contribution < 1.29 is 4.79 Å². The fourth-order valence-electron chi connectivity index (χ4n) is 3.32. The average molecular weight is 423 g/mol. The Balaban J connectivity index is 1.68. The van der Waals surface area contributed by atoms with Crippen LogP contribution >= 0.6 is 11.8 Å². The lowest BCUT2D eigenvalue weighted by Gasteiger charge is -2.19. The second kappa shape index (κ2) is 9.04. The van der Waals surface area contributed by atoms with E-state index in [2.05, 4.69) is 73.5 Å². The minimum atomic E-state index is -0.0388. The molecule has 2 aromatic carbocycles. The van der Waals surface area contributed by atoms with Gasteiger partial charge in [-0.3, -0.25) is 4.79 Å². The Morgan fingerprint density at radius 2 is 1.80 bits per heavy atom. The van der Waals surface area contributed by atoms with Crippen molar-refractivity contribution in [3.05, 3.63) is 59.2 Å². The molecule has 0 aliphatic heterocycles. The number of carbonyl (C=O) groups is 1. The van der Waals surface area contributed by atoms with Crippen molar-refractivity contribution >= 4 is 23.4 Å². The first kappa shape index (κ1) is 22.1. The van der Waals surface area contributed by atoms with Gasteiger partial charge in [0.25, 0.3) is 0 Å². The number of nitrogens with one attached hydrogen (secondary N) is 1. The number of rotatable bonds is 6. The van der Waals surface area contributed by atoms with E-state index in [-0.39, 0.29) is 17.1 Å². The Bertz CT molecular complexity index is 1030. The van der Waals surface area contributed by atoms with Crippen molar-refractivity contribution in [2.75, 3.05) is 11.1 Å². The van der Waals surface area contributed by atoms with Crippen LogP contribution in [0.2, 0.25) is 0 Å². The van der Waals surface area contributed by atoms with Crippen LogP contribution in [0.3, 0.4) is 0 Å². The summed E-state index contributed by atoms with van der Waals surface area (Å²) in [6.45, 7) is 10.7. The summed E-state index contributed by atoms with van der Waals surface area (Å²) in [7, 11) is 1.93. The molecule has 6 heteroatoms. The molecule has 0 bridgehead atoms. The summed E-state index contributed by atoms with van der Waals surface area (Å²) in [5.74, 6) is 1.04. The van der Waals surface area contributed by atoms with Crippen LogP contribution in [-0.4, -0.2) is 26.4 Å². The fraction of sp³-hybridized carbons (Fsp3) is 0.375. The van der Waals surface area contributed by atoms with Crippen molar-refractivity contribution in [2.45, 2.75) is 51.6 Å². The maximum atomic E-state index is 12.5. The first-order valence-corrected chi connectivity index (χ1v) is 11.2. The first-order chi connectivity index (χ1) is 14.2. The van der Waals surface area contributed by atoms with Crippen LogP contribution in [0.1, 0.15) is 44.4 Å². The van der Waals surface area contributed by atoms with Crippen LogP contribution in [-0.2, 0) is 23.7 Å². The summed E-state index contributed by atoms with van der Waals surface area (Å²) in [6.07, 6.45) is 0.880. The van der Waals surface area contributed by atoms with Gasteiger partial charge in [0.2, 0.25) is 5.91 Å². The van der Waals surface area contributed by atoms with Crippen molar-refractivity contribution in [1.82, 2.24) is 14.8 Å². The number of hydrogen-bond donors (Lipinski definition) is 1. The van der Waals surface area contributed by atoms with E-state index < -0.39 is 0 Å². The summed E-state index contributed by atoms with van der Waals surface area (Å²) in [5, 5.41) is 12.4. The molecule has 30 heavy (non-hydrogen) atoms. The van der Waals surface area contributed by atoms with Gasteiger partial charge < -0.3 is 9.88 Å². The van der Waals surface area contributed by atoms with E-state index in [0.29, 0.717) is 0 Å². The van der Waals surface area contributed by atoms with Crippen LogP contribution in [0, 0.1) is 6.92 Å². The standard InChI is InChI=1S/C24H30N4OS/c1-7-17-10-8-9-16(2)21(17)25-20(29)15-30-23-27-26-22(28(23)6)18-11-13-19(14-12-18)24(3,4)5/h8-14H,7,15H2,1-6H3,(H,25,29). The normalized spacial score (nSPS) is 11.5. The van der Waals surface area contributed by atoms with E-state index in [1.807, 2.05) is 30.7 Å². The van der Waals surface area contributed by atoms with Gasteiger partial charge in [0.05, 0.1) is 5.75 Å². The third-order valence-corrected chi connectivity index (χ3v) is 6.20. The lowest BCUT2D eigenvalue weighted by atomic mass is 9.87. The molecule has 3 rings (SSSR count). The Hall–Kier alpha value is -2.60. The molecule has 0 spiro atoms. The van der Waals surface area contributed by atoms with E-state index in [9.17, 15) is 4.79 Å². The topological polar surface area (TPSA) is 59.8 Å².